The smallest absolute Gasteiger partial charge is 0.260 e. The van der Waals surface area contributed by atoms with E-state index in [2.05, 4.69) is 26.1 Å². The maximum absolute atomic E-state index is 12.9. The number of nitrogens with zero attached hydrogens (tertiary/aromatic N) is 3. The van der Waals surface area contributed by atoms with Crippen LogP contribution in [-0.2, 0) is 15.0 Å². The fraction of sp³-hybridized carbons (Fsp3) is 0.346. The van der Waals surface area contributed by atoms with Crippen LogP contribution in [0.3, 0.4) is 0 Å². The van der Waals surface area contributed by atoms with Gasteiger partial charge in [-0.25, -0.2) is 4.68 Å². The van der Waals surface area contributed by atoms with Crippen LogP contribution in [0.4, 0.5) is 5.82 Å². The van der Waals surface area contributed by atoms with Gasteiger partial charge in [-0.3, -0.25) is 9.59 Å². The molecule has 2 aromatic carbocycles. The lowest BCUT2D eigenvalue weighted by molar-refractivity contribution is -0.136. The number of carbonyl (C=O) groups excluding carboxylic acids is 2. The van der Waals surface area contributed by atoms with E-state index in [9.17, 15) is 9.59 Å². The molecule has 0 atom stereocenters. The quantitative estimate of drug-likeness (QED) is 0.490. The number of halogens is 1. The summed E-state index contributed by atoms with van der Waals surface area (Å²) < 4.78 is 7.26. The van der Waals surface area contributed by atoms with Crippen LogP contribution >= 0.6 is 11.6 Å². The van der Waals surface area contributed by atoms with Crippen LogP contribution in [0, 0.1) is 6.92 Å². The van der Waals surface area contributed by atoms with E-state index < -0.39 is 0 Å². The Morgan fingerprint density at radius 3 is 2.32 bits per heavy atom. The van der Waals surface area contributed by atoms with E-state index in [1.54, 1.807) is 28.9 Å². The Morgan fingerprint density at radius 1 is 1.09 bits per heavy atom. The van der Waals surface area contributed by atoms with Crippen molar-refractivity contribution in [3.8, 4) is 11.4 Å². The number of carbonyl (C=O) groups is 2. The topological polar surface area (TPSA) is 76.5 Å². The number of likely N-dealkylation sites (N-methyl/N-ethyl adjacent to an activating group) is 1. The number of anilines is 1. The van der Waals surface area contributed by atoms with Crippen molar-refractivity contribution in [3.63, 3.8) is 0 Å². The summed E-state index contributed by atoms with van der Waals surface area (Å²) in [5, 5.41) is 8.25. The molecule has 0 unspecified atom stereocenters. The van der Waals surface area contributed by atoms with Gasteiger partial charge in [0.15, 0.2) is 6.61 Å². The maximum Gasteiger partial charge on any atom is 0.260 e. The molecule has 7 nitrogen and oxygen atoms in total. The highest BCUT2D eigenvalue weighted by atomic mass is 35.5. The number of rotatable bonds is 8. The minimum Gasteiger partial charge on any atom is -0.484 e. The van der Waals surface area contributed by atoms with Crippen molar-refractivity contribution in [3.05, 3.63) is 70.9 Å². The summed E-state index contributed by atoms with van der Waals surface area (Å²) in [6, 6.07) is 16.6. The van der Waals surface area contributed by atoms with Crippen molar-refractivity contribution in [2.75, 3.05) is 25.0 Å². The molecule has 0 radical (unpaired) electrons. The third-order valence-corrected chi connectivity index (χ3v) is 5.52. The predicted octanol–water partition coefficient (Wildman–Crippen LogP) is 5.00. The molecule has 1 aromatic heterocycles. The van der Waals surface area contributed by atoms with Gasteiger partial charge < -0.3 is 15.0 Å². The van der Waals surface area contributed by atoms with Crippen LogP contribution in [0.25, 0.3) is 5.69 Å². The Hall–Kier alpha value is -3.32. The normalized spacial score (nSPS) is 11.2. The van der Waals surface area contributed by atoms with E-state index in [0.717, 1.165) is 16.9 Å². The van der Waals surface area contributed by atoms with Gasteiger partial charge in [0.25, 0.3) is 5.91 Å². The second-order valence-corrected chi connectivity index (χ2v) is 9.55. The van der Waals surface area contributed by atoms with Crippen LogP contribution in [0.1, 0.15) is 39.0 Å². The molecule has 0 aliphatic carbocycles. The number of hydrogen-bond donors (Lipinski definition) is 1. The largest absolute Gasteiger partial charge is 0.484 e. The van der Waals surface area contributed by atoms with Crippen molar-refractivity contribution in [1.82, 2.24) is 14.7 Å². The number of aryl methyl sites for hydroxylation is 1. The molecule has 0 saturated carbocycles. The fourth-order valence-corrected chi connectivity index (χ4v) is 3.34. The van der Waals surface area contributed by atoms with Gasteiger partial charge in [-0.1, -0.05) is 50.1 Å². The monoisotopic (exact) mass is 482 g/mol. The molecule has 0 bridgehead atoms. The average molecular weight is 483 g/mol. The van der Waals surface area contributed by atoms with Gasteiger partial charge in [0, 0.05) is 23.0 Å². The zero-order chi connectivity index (χ0) is 24.9. The van der Waals surface area contributed by atoms with E-state index in [1.165, 1.54) is 4.90 Å². The molecule has 0 fully saturated rings. The maximum atomic E-state index is 12.9. The highest BCUT2D eigenvalue weighted by Gasteiger charge is 2.23. The van der Waals surface area contributed by atoms with Gasteiger partial charge in [-0.05, 0) is 50.2 Å². The molecule has 3 aromatic rings. The van der Waals surface area contributed by atoms with E-state index in [4.69, 9.17) is 21.4 Å². The molecular formula is C26H31ClN4O3. The first-order valence-corrected chi connectivity index (χ1v) is 11.6. The molecule has 3 rings (SSSR count). The van der Waals surface area contributed by atoms with E-state index in [-0.39, 0.29) is 30.4 Å². The number of nitrogens with one attached hydrogen (secondary N) is 1. The molecule has 0 aliphatic rings. The highest BCUT2D eigenvalue weighted by Crippen LogP contribution is 2.26. The van der Waals surface area contributed by atoms with Crippen LogP contribution in [-0.4, -0.2) is 46.2 Å². The zero-order valence-electron chi connectivity index (χ0n) is 20.3. The third-order valence-electron chi connectivity index (χ3n) is 5.27. The molecule has 1 heterocycles. The van der Waals surface area contributed by atoms with Crippen LogP contribution in [0.2, 0.25) is 5.02 Å². The minimum absolute atomic E-state index is 0.0940. The Labute approximate surface area is 205 Å². The summed E-state index contributed by atoms with van der Waals surface area (Å²) in [5.41, 5.74) is 2.63. The van der Waals surface area contributed by atoms with Gasteiger partial charge in [0.2, 0.25) is 5.91 Å². The Kier molecular flexibility index (Phi) is 7.99. The summed E-state index contributed by atoms with van der Waals surface area (Å²) >= 11 is 5.87. The summed E-state index contributed by atoms with van der Waals surface area (Å²) in [4.78, 5) is 27.0. The van der Waals surface area contributed by atoms with Crippen LogP contribution in [0.15, 0.2) is 54.6 Å². The zero-order valence-corrected chi connectivity index (χ0v) is 21.0. The molecule has 1 N–H and O–H groups in total. The van der Waals surface area contributed by atoms with Gasteiger partial charge >= 0.3 is 0 Å². The molecule has 2 amide bonds. The number of ether oxygens (including phenoxy) is 1. The number of amides is 2. The molecule has 180 valence electrons. The van der Waals surface area contributed by atoms with Crippen molar-refractivity contribution in [2.45, 2.75) is 40.0 Å². The first-order valence-electron chi connectivity index (χ1n) is 11.2. The van der Waals surface area contributed by atoms with Crippen LogP contribution < -0.4 is 10.1 Å². The summed E-state index contributed by atoms with van der Waals surface area (Å²) in [6.07, 6.45) is 0. The summed E-state index contributed by atoms with van der Waals surface area (Å²) in [7, 11) is 0. The number of benzene rings is 2. The SMILES string of the molecule is CCN(CC(=O)Nc1cc(C(C)(C)C)nn1-c1ccc(C)cc1)C(=O)COc1ccc(Cl)cc1. The van der Waals surface area contributed by atoms with E-state index in [0.29, 0.717) is 23.1 Å². The Balaban J connectivity index is 1.70. The van der Waals surface area contributed by atoms with E-state index in [1.807, 2.05) is 44.2 Å². The second kappa shape index (κ2) is 10.7. The lowest BCUT2D eigenvalue weighted by Crippen LogP contribution is -2.40. The Morgan fingerprint density at radius 2 is 1.74 bits per heavy atom. The second-order valence-electron chi connectivity index (χ2n) is 9.11. The molecule has 34 heavy (non-hydrogen) atoms. The van der Waals surface area contributed by atoms with Gasteiger partial charge in [-0.2, -0.15) is 5.10 Å². The van der Waals surface area contributed by atoms with Crippen molar-refractivity contribution in [1.29, 1.82) is 0 Å². The first kappa shape index (κ1) is 25.3. The Bertz CT molecular complexity index is 1130. The van der Waals surface area contributed by atoms with Crippen LogP contribution in [0.5, 0.6) is 5.75 Å². The molecule has 0 saturated heterocycles. The summed E-state index contributed by atoms with van der Waals surface area (Å²) in [5.74, 6) is 0.500. The fourth-order valence-electron chi connectivity index (χ4n) is 3.22. The van der Waals surface area contributed by atoms with Crippen molar-refractivity contribution >= 4 is 29.2 Å². The van der Waals surface area contributed by atoms with Gasteiger partial charge in [0.1, 0.15) is 11.6 Å². The number of hydrogen-bond acceptors (Lipinski definition) is 4. The minimum atomic E-state index is -0.310. The van der Waals surface area contributed by atoms with Gasteiger partial charge in [-0.15, -0.1) is 0 Å². The lowest BCUT2D eigenvalue weighted by atomic mass is 9.92. The molecule has 0 aliphatic heterocycles. The predicted molar refractivity (Wildman–Crippen MR) is 135 cm³/mol. The molecular weight excluding hydrogens is 452 g/mol. The average Bonchev–Trinajstić information content (AvgIpc) is 3.21. The number of aromatic nitrogens is 2. The molecule has 8 heteroatoms. The first-order chi connectivity index (χ1) is 16.1. The highest BCUT2D eigenvalue weighted by molar-refractivity contribution is 6.30. The summed E-state index contributed by atoms with van der Waals surface area (Å²) in [6.45, 7) is 10.2. The van der Waals surface area contributed by atoms with E-state index >= 15 is 0 Å². The lowest BCUT2D eigenvalue weighted by Gasteiger charge is -2.20. The molecule has 0 spiro atoms. The van der Waals surface area contributed by atoms with Crippen molar-refractivity contribution in [2.24, 2.45) is 0 Å². The third kappa shape index (κ3) is 6.60. The van der Waals surface area contributed by atoms with Crippen molar-refractivity contribution < 1.29 is 14.3 Å². The standard InChI is InChI=1S/C26H31ClN4O3/c1-6-30(25(33)17-34-21-13-9-19(27)10-14-21)16-24(32)28-23-15-22(26(3,4)5)29-31(23)20-11-7-18(2)8-12-20/h7-15H,6,16-17H2,1-5H3,(H,28,32). The van der Waals surface area contributed by atoms with Gasteiger partial charge in [0.05, 0.1) is 17.9 Å².